The molecule has 0 amide bonds. The van der Waals surface area contributed by atoms with Crippen molar-refractivity contribution < 1.29 is 57.5 Å². The van der Waals surface area contributed by atoms with Crippen molar-refractivity contribution in [2.75, 3.05) is 13.7 Å². The van der Waals surface area contributed by atoms with Crippen LogP contribution in [-0.2, 0) is 42.9 Å². The molecule has 0 saturated carbocycles. The Morgan fingerprint density at radius 1 is 0.685 bits per heavy atom. The van der Waals surface area contributed by atoms with Crippen LogP contribution in [0.25, 0.3) is 0 Å². The van der Waals surface area contributed by atoms with Crippen LogP contribution < -0.4 is 4.74 Å². The second-order valence-electron chi connectivity index (χ2n) is 17.9. The first-order chi connectivity index (χ1) is 24.7. The maximum atomic E-state index is 14.0. The number of esters is 4. The van der Waals surface area contributed by atoms with E-state index in [1.807, 2.05) is 6.07 Å². The SMILES string of the molecule is COc1cc(O)c(C(=O)C(C)c2ccccc2)cc1[C@@H]1O[C@H](COC(=O)C(C)(C)C)[C@@H](OC(=O)C(C)(C)C)[C@H](OC(=O)C(C)(C)C)[C@H]1OC(=O)C(C)(C)C. The van der Waals surface area contributed by atoms with Crippen LogP contribution >= 0.6 is 0 Å². The Balaban J connectivity index is 2.36. The van der Waals surface area contributed by atoms with Crippen LogP contribution in [0.15, 0.2) is 42.5 Å². The maximum absolute atomic E-state index is 14.0. The molecule has 0 spiro atoms. The summed E-state index contributed by atoms with van der Waals surface area (Å²) in [5.74, 6) is -4.11. The van der Waals surface area contributed by atoms with E-state index in [0.717, 1.165) is 0 Å². The predicted octanol–water partition coefficient (Wildman–Crippen LogP) is 7.29. The van der Waals surface area contributed by atoms with Crippen molar-refractivity contribution in [3.63, 3.8) is 0 Å². The molecule has 12 heteroatoms. The Morgan fingerprint density at radius 2 is 1.15 bits per heavy atom. The molecule has 6 atom stereocenters. The average molecular weight is 755 g/mol. The summed E-state index contributed by atoms with van der Waals surface area (Å²) in [6.07, 6.45) is -7.16. The number of carbonyl (C=O) groups excluding carboxylic acids is 5. The monoisotopic (exact) mass is 754 g/mol. The quantitative estimate of drug-likeness (QED) is 0.147. The zero-order valence-electron chi connectivity index (χ0n) is 34.2. The molecule has 1 saturated heterocycles. The summed E-state index contributed by atoms with van der Waals surface area (Å²) in [4.78, 5) is 68.1. The summed E-state index contributed by atoms with van der Waals surface area (Å²) in [5.41, 5.74) is -3.30. The van der Waals surface area contributed by atoms with Gasteiger partial charge in [-0.3, -0.25) is 24.0 Å². The number of ether oxygens (including phenoxy) is 6. The number of phenols is 1. The maximum Gasteiger partial charge on any atom is 0.311 e. The molecule has 12 nitrogen and oxygen atoms in total. The van der Waals surface area contributed by atoms with Crippen LogP contribution in [0.5, 0.6) is 11.5 Å². The third-order valence-electron chi connectivity index (χ3n) is 8.80. The molecule has 2 aromatic rings. The number of Topliss-reactive ketones (excluding diaryl/α,β-unsaturated/α-hetero) is 1. The van der Waals surface area contributed by atoms with E-state index >= 15 is 0 Å². The fraction of sp³-hybridized carbons (Fsp3) is 0.595. The molecule has 0 aliphatic carbocycles. The lowest BCUT2D eigenvalue weighted by molar-refractivity contribution is -0.262. The van der Waals surface area contributed by atoms with Gasteiger partial charge in [0.25, 0.3) is 0 Å². The van der Waals surface area contributed by atoms with Gasteiger partial charge in [0.15, 0.2) is 24.1 Å². The van der Waals surface area contributed by atoms with Crippen molar-refractivity contribution in [3.05, 3.63) is 59.2 Å². The van der Waals surface area contributed by atoms with E-state index in [1.54, 1.807) is 114 Å². The molecule has 0 bridgehead atoms. The molecule has 298 valence electrons. The lowest BCUT2D eigenvalue weighted by atomic mass is 9.86. The van der Waals surface area contributed by atoms with Crippen molar-refractivity contribution in [2.24, 2.45) is 21.7 Å². The standard InChI is InChI=1S/C42H58O12/c1-23(24-18-16-15-17-19-24)30(44)25-20-26(28(49-14)21-27(25)43)31-33(53-37(47)41(8,9)10)34(54-38(48)42(11,12)13)32(52-36(46)40(5,6)7)29(51-31)22-50-35(45)39(2,3)4/h15-21,23,29,31-34,43H,22H2,1-14H3/t23?,29-,31+,32-,33+,34+/m1/s1. The number of aromatic hydroxyl groups is 1. The van der Waals surface area contributed by atoms with Crippen molar-refractivity contribution >= 4 is 29.7 Å². The summed E-state index contributed by atoms with van der Waals surface area (Å²) in [5, 5.41) is 11.2. The van der Waals surface area contributed by atoms with Crippen LogP contribution in [0.1, 0.15) is 124 Å². The van der Waals surface area contributed by atoms with E-state index in [0.29, 0.717) is 5.56 Å². The number of carbonyl (C=O) groups is 5. The van der Waals surface area contributed by atoms with Crippen molar-refractivity contribution in [1.82, 2.24) is 0 Å². The molecule has 0 aromatic heterocycles. The first-order valence-corrected chi connectivity index (χ1v) is 18.1. The largest absolute Gasteiger partial charge is 0.507 e. The summed E-state index contributed by atoms with van der Waals surface area (Å²) >= 11 is 0. The number of phenolic OH excluding ortho intramolecular Hbond substituents is 1. The normalized spacial score (nSPS) is 21.3. The van der Waals surface area contributed by atoms with Crippen LogP contribution in [0.3, 0.4) is 0 Å². The van der Waals surface area contributed by atoms with Gasteiger partial charge in [-0.25, -0.2) is 0 Å². The molecule has 1 fully saturated rings. The lowest BCUT2D eigenvalue weighted by Gasteiger charge is -2.46. The molecule has 1 heterocycles. The van der Waals surface area contributed by atoms with E-state index in [4.69, 9.17) is 28.4 Å². The van der Waals surface area contributed by atoms with E-state index in [-0.39, 0.29) is 22.6 Å². The van der Waals surface area contributed by atoms with E-state index < -0.39 is 94.4 Å². The molecule has 1 aliphatic rings. The Kier molecular flexibility index (Phi) is 13.4. The van der Waals surface area contributed by atoms with Gasteiger partial charge in [0.1, 0.15) is 30.3 Å². The number of hydrogen-bond donors (Lipinski definition) is 1. The third kappa shape index (κ3) is 10.6. The first-order valence-electron chi connectivity index (χ1n) is 18.1. The molecule has 3 rings (SSSR count). The van der Waals surface area contributed by atoms with Crippen LogP contribution in [0.2, 0.25) is 0 Å². The zero-order valence-corrected chi connectivity index (χ0v) is 34.2. The summed E-state index contributed by atoms with van der Waals surface area (Å²) < 4.78 is 36.5. The minimum absolute atomic E-state index is 0.0506. The third-order valence-corrected chi connectivity index (χ3v) is 8.80. The Bertz CT molecular complexity index is 1680. The number of hydrogen-bond acceptors (Lipinski definition) is 12. The van der Waals surface area contributed by atoms with E-state index in [2.05, 4.69) is 0 Å². The Labute approximate surface area is 319 Å². The number of methoxy groups -OCH3 is 1. The van der Waals surface area contributed by atoms with Gasteiger partial charge in [-0.1, -0.05) is 37.3 Å². The highest BCUT2D eigenvalue weighted by molar-refractivity contribution is 6.03. The van der Waals surface area contributed by atoms with Gasteiger partial charge < -0.3 is 33.5 Å². The topological polar surface area (TPSA) is 161 Å². The fourth-order valence-corrected chi connectivity index (χ4v) is 5.29. The Hall–Kier alpha value is -4.45. The molecule has 0 radical (unpaired) electrons. The minimum atomic E-state index is -1.52. The number of rotatable bonds is 10. The van der Waals surface area contributed by atoms with Crippen LogP contribution in [-0.4, -0.2) is 72.9 Å². The highest BCUT2D eigenvalue weighted by Gasteiger charge is 2.55. The molecule has 54 heavy (non-hydrogen) atoms. The van der Waals surface area contributed by atoms with Gasteiger partial charge in [0, 0.05) is 17.5 Å². The predicted molar refractivity (Wildman–Crippen MR) is 200 cm³/mol. The average Bonchev–Trinajstić information content (AvgIpc) is 3.06. The second kappa shape index (κ2) is 16.5. The molecular weight excluding hydrogens is 696 g/mol. The fourth-order valence-electron chi connectivity index (χ4n) is 5.29. The summed E-state index contributed by atoms with van der Waals surface area (Å²) in [6.45, 7) is 21.0. The van der Waals surface area contributed by atoms with Crippen molar-refractivity contribution in [3.8, 4) is 11.5 Å². The highest BCUT2D eigenvalue weighted by Crippen LogP contribution is 2.45. The molecule has 1 N–H and O–H groups in total. The van der Waals surface area contributed by atoms with E-state index in [9.17, 15) is 29.1 Å². The molecule has 1 unspecified atom stereocenters. The minimum Gasteiger partial charge on any atom is -0.507 e. The van der Waals surface area contributed by atoms with Gasteiger partial charge in [0.2, 0.25) is 0 Å². The molecule has 1 aliphatic heterocycles. The van der Waals surface area contributed by atoms with Gasteiger partial charge in [-0.15, -0.1) is 0 Å². The lowest BCUT2D eigenvalue weighted by Crippen LogP contribution is -2.61. The van der Waals surface area contributed by atoms with Crippen molar-refractivity contribution in [1.29, 1.82) is 0 Å². The van der Waals surface area contributed by atoms with E-state index in [1.165, 1.54) is 19.2 Å². The van der Waals surface area contributed by atoms with Gasteiger partial charge in [0.05, 0.1) is 34.3 Å². The van der Waals surface area contributed by atoms with Gasteiger partial charge in [-0.05, 0) is 94.7 Å². The number of ketones is 1. The smallest absolute Gasteiger partial charge is 0.311 e. The molecule has 2 aromatic carbocycles. The highest BCUT2D eigenvalue weighted by atomic mass is 16.7. The second-order valence-corrected chi connectivity index (χ2v) is 17.9. The van der Waals surface area contributed by atoms with Gasteiger partial charge in [-0.2, -0.15) is 0 Å². The summed E-state index contributed by atoms with van der Waals surface area (Å²) in [7, 11) is 1.35. The van der Waals surface area contributed by atoms with Crippen LogP contribution in [0.4, 0.5) is 0 Å². The van der Waals surface area contributed by atoms with Crippen molar-refractivity contribution in [2.45, 2.75) is 126 Å². The van der Waals surface area contributed by atoms with Gasteiger partial charge >= 0.3 is 23.9 Å². The van der Waals surface area contributed by atoms with Crippen LogP contribution in [0, 0.1) is 21.7 Å². The summed E-state index contributed by atoms with van der Waals surface area (Å²) in [6, 6.07) is 11.7. The first kappa shape index (κ1) is 44.0. The Morgan fingerprint density at radius 3 is 1.61 bits per heavy atom. The zero-order chi connectivity index (χ0) is 41.1. The number of benzene rings is 2. The molecular formula is C42H58O12.